The summed E-state index contributed by atoms with van der Waals surface area (Å²) in [6.45, 7) is 7.67. The van der Waals surface area contributed by atoms with Gasteiger partial charge in [-0.25, -0.2) is 4.79 Å². The Morgan fingerprint density at radius 2 is 1.84 bits per heavy atom. The molecule has 0 aromatic heterocycles. The molecule has 104 valence electrons. The Morgan fingerprint density at radius 1 is 1.21 bits per heavy atom. The summed E-state index contributed by atoms with van der Waals surface area (Å²) in [7, 11) is 0. The number of amides is 1. The van der Waals surface area contributed by atoms with Gasteiger partial charge in [0.15, 0.2) is 0 Å². The number of aryl methyl sites for hydroxylation is 1. The molecule has 0 aliphatic rings. The number of nitrogens with one attached hydrogen (secondary N) is 1. The zero-order valence-corrected chi connectivity index (χ0v) is 11.9. The van der Waals surface area contributed by atoms with Crippen LogP contribution in [0.3, 0.4) is 0 Å². The lowest BCUT2D eigenvalue weighted by Gasteiger charge is -2.17. The van der Waals surface area contributed by atoms with Crippen LogP contribution in [0.15, 0.2) is 24.3 Å². The molecule has 0 unspecified atom stereocenters. The van der Waals surface area contributed by atoms with Crippen LogP contribution in [0, 0.1) is 12.3 Å². The van der Waals surface area contributed by atoms with E-state index in [0.29, 0.717) is 12.2 Å². The molecule has 1 aromatic carbocycles. The largest absolute Gasteiger partial charge is 0.425 e. The maximum Gasteiger partial charge on any atom is 0.330 e. The van der Waals surface area contributed by atoms with Crippen molar-refractivity contribution >= 4 is 11.9 Å². The lowest BCUT2D eigenvalue weighted by Crippen LogP contribution is -2.34. The maximum atomic E-state index is 11.6. The van der Waals surface area contributed by atoms with Gasteiger partial charge >= 0.3 is 5.97 Å². The molecule has 0 bridgehead atoms. The van der Waals surface area contributed by atoms with Crippen molar-refractivity contribution in [2.75, 3.05) is 6.54 Å². The van der Waals surface area contributed by atoms with Gasteiger partial charge in [-0.05, 0) is 24.0 Å². The highest BCUT2D eigenvalue weighted by Crippen LogP contribution is 2.18. The number of carbonyl (C=O) groups excluding carboxylic acids is 2. The zero-order chi connectivity index (χ0) is 14.5. The van der Waals surface area contributed by atoms with Gasteiger partial charge in [0.25, 0.3) is 0 Å². The summed E-state index contributed by atoms with van der Waals surface area (Å²) < 4.78 is 5.17. The van der Waals surface area contributed by atoms with Gasteiger partial charge in [0.05, 0.1) is 0 Å². The van der Waals surface area contributed by atoms with E-state index in [-0.39, 0.29) is 17.9 Å². The number of carbonyl (C=O) groups is 2. The highest BCUT2D eigenvalue weighted by molar-refractivity contribution is 5.83. The molecule has 0 fully saturated rings. The number of rotatable bonds is 4. The fraction of sp³-hybridized carbons (Fsp3) is 0.467. The van der Waals surface area contributed by atoms with Gasteiger partial charge in [0, 0.05) is 6.42 Å². The lowest BCUT2D eigenvalue weighted by molar-refractivity contribution is -0.136. The van der Waals surface area contributed by atoms with E-state index < -0.39 is 5.97 Å². The Morgan fingerprint density at radius 3 is 2.42 bits per heavy atom. The van der Waals surface area contributed by atoms with E-state index in [1.165, 1.54) is 0 Å². The minimum Gasteiger partial charge on any atom is -0.425 e. The minimum absolute atomic E-state index is 0.0932. The minimum atomic E-state index is -0.462. The normalized spacial score (nSPS) is 10.9. The van der Waals surface area contributed by atoms with Crippen LogP contribution in [0.25, 0.3) is 0 Å². The summed E-state index contributed by atoms with van der Waals surface area (Å²) in [5.41, 5.74) is 0.793. The number of hydrogen-bond acceptors (Lipinski definition) is 3. The molecule has 0 radical (unpaired) electrons. The van der Waals surface area contributed by atoms with E-state index >= 15 is 0 Å². The Hall–Kier alpha value is -1.84. The molecule has 1 N–H and O–H groups in total. The molecule has 1 amide bonds. The second-order valence-electron chi connectivity index (χ2n) is 5.75. The number of para-hydroxylation sites is 1. The molecule has 0 spiro atoms. The van der Waals surface area contributed by atoms with E-state index in [1.54, 1.807) is 12.1 Å². The third-order valence-corrected chi connectivity index (χ3v) is 2.44. The van der Waals surface area contributed by atoms with Gasteiger partial charge in [-0.1, -0.05) is 39.0 Å². The van der Waals surface area contributed by atoms with Crippen LogP contribution in [-0.2, 0) is 9.59 Å². The van der Waals surface area contributed by atoms with Gasteiger partial charge < -0.3 is 10.1 Å². The second-order valence-corrected chi connectivity index (χ2v) is 5.75. The van der Waals surface area contributed by atoms with Gasteiger partial charge in [-0.3, -0.25) is 4.79 Å². The Bertz CT molecular complexity index is 461. The number of hydrogen-bond donors (Lipinski definition) is 1. The van der Waals surface area contributed by atoms with Gasteiger partial charge in [0.1, 0.15) is 12.3 Å². The molecule has 0 aliphatic carbocycles. The van der Waals surface area contributed by atoms with Crippen LogP contribution in [0.4, 0.5) is 0 Å². The standard InChI is InChI=1S/C15H21NO3/c1-11-7-5-6-8-12(11)19-14(18)10-16-13(17)9-15(2,3)4/h5-8H,9-10H2,1-4H3,(H,16,17). The first kappa shape index (κ1) is 15.2. The summed E-state index contributed by atoms with van der Waals surface area (Å²) in [4.78, 5) is 23.2. The SMILES string of the molecule is Cc1ccccc1OC(=O)CNC(=O)CC(C)(C)C. The summed E-state index contributed by atoms with van der Waals surface area (Å²) >= 11 is 0. The predicted molar refractivity (Wildman–Crippen MR) is 73.9 cm³/mol. The van der Waals surface area contributed by atoms with E-state index in [1.807, 2.05) is 39.8 Å². The van der Waals surface area contributed by atoms with Gasteiger partial charge in [0.2, 0.25) is 5.91 Å². The Kier molecular flexibility index (Phi) is 5.10. The molecule has 0 heterocycles. The molecule has 0 saturated carbocycles. The lowest BCUT2D eigenvalue weighted by atomic mass is 9.92. The predicted octanol–water partition coefficient (Wildman–Crippen LogP) is 2.45. The average molecular weight is 263 g/mol. The molecule has 4 nitrogen and oxygen atoms in total. The highest BCUT2D eigenvalue weighted by Gasteiger charge is 2.16. The molecular formula is C15H21NO3. The van der Waals surface area contributed by atoms with Crippen molar-refractivity contribution < 1.29 is 14.3 Å². The topological polar surface area (TPSA) is 55.4 Å². The summed E-state index contributed by atoms with van der Waals surface area (Å²) in [6.07, 6.45) is 0.380. The molecule has 1 aromatic rings. The van der Waals surface area contributed by atoms with E-state index in [4.69, 9.17) is 4.74 Å². The molecular weight excluding hydrogens is 242 g/mol. The third-order valence-electron chi connectivity index (χ3n) is 2.44. The quantitative estimate of drug-likeness (QED) is 0.670. The van der Waals surface area contributed by atoms with Crippen LogP contribution >= 0.6 is 0 Å². The van der Waals surface area contributed by atoms with Crippen molar-refractivity contribution in [2.45, 2.75) is 34.1 Å². The zero-order valence-electron chi connectivity index (χ0n) is 11.9. The summed E-state index contributed by atoms with van der Waals surface area (Å²) in [5.74, 6) is -0.0802. The second kappa shape index (κ2) is 6.36. The maximum absolute atomic E-state index is 11.6. The van der Waals surface area contributed by atoms with Crippen LogP contribution < -0.4 is 10.1 Å². The number of benzene rings is 1. The van der Waals surface area contributed by atoms with Crippen LogP contribution in [0.1, 0.15) is 32.8 Å². The Balaban J connectivity index is 2.41. The highest BCUT2D eigenvalue weighted by atomic mass is 16.5. The molecule has 0 atom stereocenters. The molecule has 4 heteroatoms. The summed E-state index contributed by atoms with van der Waals surface area (Å²) in [6, 6.07) is 7.26. The van der Waals surface area contributed by atoms with Crippen molar-refractivity contribution in [1.29, 1.82) is 0 Å². The van der Waals surface area contributed by atoms with Crippen molar-refractivity contribution in [3.63, 3.8) is 0 Å². The fourth-order valence-electron chi connectivity index (χ4n) is 1.54. The number of ether oxygens (including phenoxy) is 1. The first-order chi connectivity index (χ1) is 8.78. The first-order valence-electron chi connectivity index (χ1n) is 6.31. The molecule has 1 rings (SSSR count). The van der Waals surface area contributed by atoms with E-state index in [2.05, 4.69) is 5.32 Å². The third kappa shape index (κ3) is 6.04. The van der Waals surface area contributed by atoms with Gasteiger partial charge in [-0.15, -0.1) is 0 Å². The average Bonchev–Trinajstić information content (AvgIpc) is 2.27. The molecule has 0 aliphatic heterocycles. The fourth-order valence-corrected chi connectivity index (χ4v) is 1.54. The van der Waals surface area contributed by atoms with Crippen LogP contribution in [0.2, 0.25) is 0 Å². The number of esters is 1. The van der Waals surface area contributed by atoms with Crippen LogP contribution in [0.5, 0.6) is 5.75 Å². The van der Waals surface area contributed by atoms with Crippen LogP contribution in [-0.4, -0.2) is 18.4 Å². The van der Waals surface area contributed by atoms with E-state index in [9.17, 15) is 9.59 Å². The first-order valence-corrected chi connectivity index (χ1v) is 6.31. The van der Waals surface area contributed by atoms with Gasteiger partial charge in [-0.2, -0.15) is 0 Å². The van der Waals surface area contributed by atoms with Crippen molar-refractivity contribution in [3.8, 4) is 5.75 Å². The smallest absolute Gasteiger partial charge is 0.330 e. The summed E-state index contributed by atoms with van der Waals surface area (Å²) in [5, 5.41) is 2.57. The molecule has 0 saturated heterocycles. The Labute approximate surface area is 114 Å². The monoisotopic (exact) mass is 263 g/mol. The molecule has 19 heavy (non-hydrogen) atoms. The van der Waals surface area contributed by atoms with Crippen molar-refractivity contribution in [2.24, 2.45) is 5.41 Å². The van der Waals surface area contributed by atoms with Crippen molar-refractivity contribution in [3.05, 3.63) is 29.8 Å². The van der Waals surface area contributed by atoms with Crippen molar-refractivity contribution in [1.82, 2.24) is 5.32 Å². The van der Waals surface area contributed by atoms with E-state index in [0.717, 1.165) is 5.56 Å².